The molecule has 2 heterocycles. The van der Waals surface area contributed by atoms with Crippen molar-refractivity contribution in [3.8, 4) is 45.8 Å². The summed E-state index contributed by atoms with van der Waals surface area (Å²) in [6.45, 7) is 0. The van der Waals surface area contributed by atoms with Gasteiger partial charge < -0.3 is 9.13 Å². The number of nitriles is 2. The van der Waals surface area contributed by atoms with Crippen LogP contribution in [-0.4, -0.2) is 9.13 Å². The fourth-order valence-corrected chi connectivity index (χ4v) is 7.33. The van der Waals surface area contributed by atoms with Crippen molar-refractivity contribution < 1.29 is 0 Å². The third-order valence-corrected chi connectivity index (χ3v) is 9.39. The molecule has 0 aliphatic heterocycles. The van der Waals surface area contributed by atoms with Crippen LogP contribution in [0.15, 0.2) is 158 Å². The summed E-state index contributed by atoms with van der Waals surface area (Å²) in [7, 11) is 0. The average molecular weight is 611 g/mol. The first-order chi connectivity index (χ1) is 23.7. The van der Waals surface area contributed by atoms with Crippen molar-refractivity contribution in [2.45, 2.75) is 0 Å². The summed E-state index contributed by atoms with van der Waals surface area (Å²) in [5, 5.41) is 24.6. The standard InChI is InChI=1S/C44H26N4/c45-27-29-19-20-31(28-46)38(25-29)36-23-22-34(43-37-16-8-10-18-41(37)48(44(36)43)33-13-5-2-6-14-33)30-21-24-42-39(26-30)35-15-7-9-17-40(35)47(42)32-11-3-1-4-12-32/h1-26H. The predicted octanol–water partition coefficient (Wildman–Crippen LogP) is 11.0. The maximum Gasteiger partial charge on any atom is 0.0998 e. The van der Waals surface area contributed by atoms with Crippen molar-refractivity contribution in [2.75, 3.05) is 0 Å². The summed E-state index contributed by atoms with van der Waals surface area (Å²) in [5.41, 5.74) is 11.5. The van der Waals surface area contributed by atoms with Crippen molar-refractivity contribution in [3.63, 3.8) is 0 Å². The van der Waals surface area contributed by atoms with Crippen LogP contribution in [0.4, 0.5) is 0 Å². The van der Waals surface area contributed by atoms with Crippen molar-refractivity contribution >= 4 is 43.6 Å². The van der Waals surface area contributed by atoms with Gasteiger partial charge >= 0.3 is 0 Å². The summed E-state index contributed by atoms with van der Waals surface area (Å²) < 4.78 is 4.63. The zero-order chi connectivity index (χ0) is 32.2. The molecule has 4 heteroatoms. The van der Waals surface area contributed by atoms with E-state index in [1.54, 1.807) is 12.1 Å². The number of nitrogens with zero attached hydrogens (tertiary/aromatic N) is 4. The fourth-order valence-electron chi connectivity index (χ4n) is 7.33. The number of hydrogen-bond acceptors (Lipinski definition) is 2. The van der Waals surface area contributed by atoms with Gasteiger partial charge in [0.05, 0.1) is 45.3 Å². The maximum absolute atomic E-state index is 10.2. The van der Waals surface area contributed by atoms with Crippen LogP contribution in [0.5, 0.6) is 0 Å². The van der Waals surface area contributed by atoms with Crippen LogP contribution in [0, 0.1) is 22.7 Å². The zero-order valence-electron chi connectivity index (χ0n) is 25.8. The molecule has 2 aromatic heterocycles. The Hall–Kier alpha value is -6.88. The second-order valence-corrected chi connectivity index (χ2v) is 12.0. The second-order valence-electron chi connectivity index (χ2n) is 12.0. The van der Waals surface area contributed by atoms with Gasteiger partial charge in [0.15, 0.2) is 0 Å². The van der Waals surface area contributed by atoms with Gasteiger partial charge in [-0.15, -0.1) is 0 Å². The highest BCUT2D eigenvalue weighted by Crippen LogP contribution is 2.45. The molecule has 0 aliphatic rings. The van der Waals surface area contributed by atoms with Crippen LogP contribution in [0.1, 0.15) is 11.1 Å². The zero-order valence-corrected chi connectivity index (χ0v) is 25.8. The largest absolute Gasteiger partial charge is 0.309 e. The molecule has 48 heavy (non-hydrogen) atoms. The van der Waals surface area contributed by atoms with Crippen molar-refractivity contribution in [1.29, 1.82) is 10.5 Å². The highest BCUT2D eigenvalue weighted by atomic mass is 15.0. The summed E-state index contributed by atoms with van der Waals surface area (Å²) in [4.78, 5) is 0. The van der Waals surface area contributed by atoms with Gasteiger partial charge in [-0.05, 0) is 77.9 Å². The molecule has 0 amide bonds. The Morgan fingerprint density at radius 2 is 1.02 bits per heavy atom. The summed E-state index contributed by atoms with van der Waals surface area (Å²) in [6.07, 6.45) is 0. The Labute approximate surface area is 277 Å². The summed E-state index contributed by atoms with van der Waals surface area (Å²) in [6, 6.07) is 59.0. The lowest BCUT2D eigenvalue weighted by atomic mass is 9.91. The van der Waals surface area contributed by atoms with Gasteiger partial charge in [0.1, 0.15) is 0 Å². The smallest absolute Gasteiger partial charge is 0.0998 e. The van der Waals surface area contributed by atoms with Gasteiger partial charge in [-0.25, -0.2) is 0 Å². The van der Waals surface area contributed by atoms with Gasteiger partial charge in [-0.1, -0.05) is 91.0 Å². The first-order valence-electron chi connectivity index (χ1n) is 15.9. The second kappa shape index (κ2) is 10.9. The quantitative estimate of drug-likeness (QED) is 0.199. The van der Waals surface area contributed by atoms with E-state index >= 15 is 0 Å². The molecule has 0 unspecified atom stereocenters. The fraction of sp³-hybridized carbons (Fsp3) is 0. The molecule has 0 N–H and O–H groups in total. The van der Waals surface area contributed by atoms with Crippen molar-refractivity contribution in [1.82, 2.24) is 9.13 Å². The number of fused-ring (bicyclic) bond motifs is 6. The van der Waals surface area contributed by atoms with E-state index in [1.807, 2.05) is 30.3 Å². The lowest BCUT2D eigenvalue weighted by Crippen LogP contribution is -1.97. The third-order valence-electron chi connectivity index (χ3n) is 9.39. The van der Waals surface area contributed by atoms with Gasteiger partial charge in [0, 0.05) is 44.0 Å². The number of rotatable bonds is 4. The minimum absolute atomic E-state index is 0.517. The molecule has 0 radical (unpaired) electrons. The predicted molar refractivity (Wildman–Crippen MR) is 195 cm³/mol. The molecule has 9 rings (SSSR count). The Kier molecular flexibility index (Phi) is 6.22. The maximum atomic E-state index is 10.2. The molecule has 0 spiro atoms. The highest BCUT2D eigenvalue weighted by Gasteiger charge is 2.22. The van der Waals surface area contributed by atoms with Crippen LogP contribution in [0.25, 0.3) is 77.2 Å². The Morgan fingerprint density at radius 3 is 1.73 bits per heavy atom. The Morgan fingerprint density at radius 1 is 0.417 bits per heavy atom. The minimum atomic E-state index is 0.517. The SMILES string of the molecule is N#Cc1ccc(C#N)c(-c2ccc(-c3ccc4c(c3)c3ccccc3n4-c3ccccc3)c3c4ccccc4n(-c4ccccc4)c23)c1. The monoisotopic (exact) mass is 610 g/mol. The van der Waals surface area contributed by atoms with Gasteiger partial charge in [0.2, 0.25) is 0 Å². The van der Waals surface area contributed by atoms with Gasteiger partial charge in [-0.2, -0.15) is 10.5 Å². The average Bonchev–Trinajstić information content (AvgIpc) is 3.68. The summed E-state index contributed by atoms with van der Waals surface area (Å²) >= 11 is 0. The number of hydrogen-bond donors (Lipinski definition) is 0. The van der Waals surface area contributed by atoms with Crippen LogP contribution in [-0.2, 0) is 0 Å². The van der Waals surface area contributed by atoms with Gasteiger partial charge in [0.25, 0.3) is 0 Å². The van der Waals surface area contributed by atoms with Crippen LogP contribution < -0.4 is 0 Å². The van der Waals surface area contributed by atoms with Crippen molar-refractivity contribution in [3.05, 3.63) is 169 Å². The van der Waals surface area contributed by atoms with Gasteiger partial charge in [-0.3, -0.25) is 0 Å². The van der Waals surface area contributed by atoms with E-state index in [0.717, 1.165) is 61.0 Å². The van der Waals surface area contributed by atoms with Crippen LogP contribution in [0.2, 0.25) is 0 Å². The molecule has 0 aliphatic carbocycles. The molecule has 4 nitrogen and oxygen atoms in total. The number of aromatic nitrogens is 2. The minimum Gasteiger partial charge on any atom is -0.309 e. The molecular formula is C44H26N4. The highest BCUT2D eigenvalue weighted by molar-refractivity contribution is 6.20. The summed E-state index contributed by atoms with van der Waals surface area (Å²) in [5.74, 6) is 0. The first-order valence-corrected chi connectivity index (χ1v) is 15.9. The lowest BCUT2D eigenvalue weighted by Gasteiger charge is -2.15. The Balaban J connectivity index is 1.41. The van der Waals surface area contributed by atoms with E-state index in [0.29, 0.717) is 11.1 Å². The van der Waals surface area contributed by atoms with E-state index in [4.69, 9.17) is 0 Å². The van der Waals surface area contributed by atoms with Crippen LogP contribution in [0.3, 0.4) is 0 Å². The van der Waals surface area contributed by atoms with Crippen molar-refractivity contribution in [2.24, 2.45) is 0 Å². The number of benzene rings is 7. The Bertz CT molecular complexity index is 2790. The van der Waals surface area contributed by atoms with Crippen LogP contribution >= 0.6 is 0 Å². The molecule has 7 aromatic carbocycles. The molecular weight excluding hydrogens is 585 g/mol. The molecule has 0 saturated heterocycles. The molecule has 0 atom stereocenters. The van der Waals surface area contributed by atoms with E-state index < -0.39 is 0 Å². The first kappa shape index (κ1) is 27.4. The molecule has 0 bridgehead atoms. The topological polar surface area (TPSA) is 57.4 Å². The molecule has 0 saturated carbocycles. The normalized spacial score (nSPS) is 11.3. The van der Waals surface area contributed by atoms with E-state index in [2.05, 4.69) is 137 Å². The molecule has 0 fully saturated rings. The van der Waals surface area contributed by atoms with E-state index in [1.165, 1.54) is 16.3 Å². The molecule has 222 valence electrons. The third kappa shape index (κ3) is 4.07. The molecule has 9 aromatic rings. The van der Waals surface area contributed by atoms with E-state index in [9.17, 15) is 10.5 Å². The lowest BCUT2D eigenvalue weighted by molar-refractivity contribution is 1.18. The number of para-hydroxylation sites is 4. The van der Waals surface area contributed by atoms with E-state index in [-0.39, 0.29) is 0 Å².